The molecule has 3 aromatic rings. The van der Waals surface area contributed by atoms with E-state index in [1.54, 1.807) is 31.4 Å². The lowest BCUT2D eigenvalue weighted by atomic mass is 9.98. The van der Waals surface area contributed by atoms with E-state index >= 15 is 0 Å². The van der Waals surface area contributed by atoms with Crippen LogP contribution < -0.4 is 9.64 Å². The van der Waals surface area contributed by atoms with Gasteiger partial charge in [0.1, 0.15) is 22.9 Å². The quantitative estimate of drug-likeness (QED) is 0.435. The third-order valence-corrected chi connectivity index (χ3v) is 7.62. The van der Waals surface area contributed by atoms with E-state index in [1.165, 1.54) is 11.3 Å². The van der Waals surface area contributed by atoms with E-state index in [9.17, 15) is 9.59 Å². The van der Waals surface area contributed by atoms with Gasteiger partial charge in [-0.1, -0.05) is 12.5 Å². The van der Waals surface area contributed by atoms with Gasteiger partial charge in [0.15, 0.2) is 6.10 Å². The molecule has 0 N–H and O–H groups in total. The first-order valence-electron chi connectivity index (χ1n) is 12.2. The molecule has 0 spiro atoms. The Morgan fingerprint density at radius 1 is 1.20 bits per heavy atom. The van der Waals surface area contributed by atoms with Crippen LogP contribution in [0.4, 0.5) is 5.69 Å². The number of benzene rings is 1. The highest BCUT2D eigenvalue weighted by Crippen LogP contribution is 2.41. The molecule has 1 fully saturated rings. The van der Waals surface area contributed by atoms with Crippen LogP contribution in [-0.4, -0.2) is 40.1 Å². The summed E-state index contributed by atoms with van der Waals surface area (Å²) in [6.45, 7) is 5.45. The van der Waals surface area contributed by atoms with E-state index in [1.807, 2.05) is 43.3 Å². The van der Waals surface area contributed by atoms with Crippen LogP contribution in [0.5, 0.6) is 5.75 Å². The standard InChI is InChI=1S/C27H29N3O4S/c1-16(27(32)34-20-9-5-4-6-10-20)30-22-15-19(12-13-23(22)33-17(2)26(30)31)24-18(3)35-25(29-24)21-11-7-8-14-28-21/h7-8,11-17,20H,4-6,9-10H2,1-3H3. The number of pyridine rings is 1. The van der Waals surface area contributed by atoms with Crippen LogP contribution in [0.1, 0.15) is 50.8 Å². The molecule has 5 rings (SSSR count). The lowest BCUT2D eigenvalue weighted by Gasteiger charge is -2.36. The Balaban J connectivity index is 1.47. The third kappa shape index (κ3) is 4.67. The van der Waals surface area contributed by atoms with Gasteiger partial charge in [0.2, 0.25) is 0 Å². The number of nitrogens with zero attached hydrogens (tertiary/aromatic N) is 3. The summed E-state index contributed by atoms with van der Waals surface area (Å²) in [6.07, 6.45) is 6.08. The minimum absolute atomic E-state index is 0.0688. The van der Waals surface area contributed by atoms with Gasteiger partial charge in [0.05, 0.1) is 17.1 Å². The maximum atomic E-state index is 13.2. The van der Waals surface area contributed by atoms with Crippen LogP contribution >= 0.6 is 11.3 Å². The van der Waals surface area contributed by atoms with Gasteiger partial charge in [0, 0.05) is 16.6 Å². The number of aryl methyl sites for hydroxylation is 1. The molecule has 7 nitrogen and oxygen atoms in total. The number of esters is 1. The zero-order valence-electron chi connectivity index (χ0n) is 20.2. The highest BCUT2D eigenvalue weighted by molar-refractivity contribution is 7.15. The second-order valence-electron chi connectivity index (χ2n) is 9.16. The number of ether oxygens (including phenoxy) is 2. The predicted molar refractivity (Wildman–Crippen MR) is 136 cm³/mol. The molecule has 8 heteroatoms. The Labute approximate surface area is 209 Å². The van der Waals surface area contributed by atoms with Crippen molar-refractivity contribution in [3.63, 3.8) is 0 Å². The first-order valence-corrected chi connectivity index (χ1v) is 13.0. The van der Waals surface area contributed by atoms with Crippen molar-refractivity contribution in [1.29, 1.82) is 0 Å². The summed E-state index contributed by atoms with van der Waals surface area (Å²) in [5, 5.41) is 0.832. The normalized spacial score (nSPS) is 19.1. The van der Waals surface area contributed by atoms with Crippen molar-refractivity contribution in [3.05, 3.63) is 47.5 Å². The SMILES string of the molecule is Cc1sc(-c2ccccn2)nc1-c1ccc2c(c1)N(C(C)C(=O)OC1CCCCC1)C(=O)C(C)O2. The molecule has 1 aliphatic heterocycles. The minimum Gasteiger partial charge on any atom is -0.479 e. The smallest absolute Gasteiger partial charge is 0.329 e. The van der Waals surface area contributed by atoms with Crippen molar-refractivity contribution in [3.8, 4) is 27.7 Å². The van der Waals surface area contributed by atoms with Crippen molar-refractivity contribution in [2.45, 2.75) is 71.1 Å². The molecule has 182 valence electrons. The summed E-state index contributed by atoms with van der Waals surface area (Å²) in [5.41, 5.74) is 3.05. The molecule has 1 aromatic carbocycles. The third-order valence-electron chi connectivity index (χ3n) is 6.62. The maximum absolute atomic E-state index is 13.2. The summed E-state index contributed by atoms with van der Waals surface area (Å²) in [6, 6.07) is 10.7. The number of rotatable bonds is 5. The van der Waals surface area contributed by atoms with Gasteiger partial charge >= 0.3 is 5.97 Å². The fraction of sp³-hybridized carbons (Fsp3) is 0.407. The second-order valence-corrected chi connectivity index (χ2v) is 10.4. The van der Waals surface area contributed by atoms with E-state index in [4.69, 9.17) is 14.5 Å². The summed E-state index contributed by atoms with van der Waals surface area (Å²) >= 11 is 1.57. The van der Waals surface area contributed by atoms with E-state index in [2.05, 4.69) is 4.98 Å². The predicted octanol–water partition coefficient (Wildman–Crippen LogP) is 5.56. The van der Waals surface area contributed by atoms with Gasteiger partial charge in [-0.15, -0.1) is 11.3 Å². The minimum atomic E-state index is -0.759. The number of fused-ring (bicyclic) bond motifs is 1. The monoisotopic (exact) mass is 491 g/mol. The summed E-state index contributed by atoms with van der Waals surface area (Å²) < 4.78 is 11.7. The summed E-state index contributed by atoms with van der Waals surface area (Å²) in [5.74, 6) is -0.0686. The number of hydrogen-bond acceptors (Lipinski definition) is 7. The molecule has 2 atom stereocenters. The number of amides is 1. The zero-order chi connectivity index (χ0) is 24.5. The molecule has 2 unspecified atom stereocenters. The first kappa shape index (κ1) is 23.5. The Hall–Kier alpha value is -3.26. The van der Waals surface area contributed by atoms with E-state index in [-0.39, 0.29) is 18.0 Å². The molecule has 35 heavy (non-hydrogen) atoms. The van der Waals surface area contributed by atoms with Crippen LogP contribution in [0.3, 0.4) is 0 Å². The van der Waals surface area contributed by atoms with Crippen LogP contribution in [0.2, 0.25) is 0 Å². The molecule has 0 bridgehead atoms. The largest absolute Gasteiger partial charge is 0.479 e. The second kappa shape index (κ2) is 9.77. The van der Waals surface area contributed by atoms with Crippen molar-refractivity contribution in [1.82, 2.24) is 9.97 Å². The van der Waals surface area contributed by atoms with Crippen LogP contribution in [0, 0.1) is 6.92 Å². The number of aromatic nitrogens is 2. The van der Waals surface area contributed by atoms with Gasteiger partial charge in [0.25, 0.3) is 5.91 Å². The lowest BCUT2D eigenvalue weighted by molar-refractivity contribution is -0.153. The van der Waals surface area contributed by atoms with Crippen molar-refractivity contribution < 1.29 is 19.1 Å². The highest BCUT2D eigenvalue weighted by atomic mass is 32.1. The van der Waals surface area contributed by atoms with E-state index in [0.29, 0.717) is 11.4 Å². The maximum Gasteiger partial charge on any atom is 0.329 e. The van der Waals surface area contributed by atoms with Crippen LogP contribution in [0.15, 0.2) is 42.6 Å². The molecule has 1 aliphatic carbocycles. The Morgan fingerprint density at radius 2 is 2.00 bits per heavy atom. The molecule has 0 saturated heterocycles. The zero-order valence-corrected chi connectivity index (χ0v) is 21.0. The number of carbonyl (C=O) groups is 2. The van der Waals surface area contributed by atoms with Crippen molar-refractivity contribution in [2.24, 2.45) is 0 Å². The molecular formula is C27H29N3O4S. The Morgan fingerprint density at radius 3 is 2.74 bits per heavy atom. The highest BCUT2D eigenvalue weighted by Gasteiger charge is 2.39. The van der Waals surface area contributed by atoms with Crippen molar-refractivity contribution >= 4 is 28.9 Å². The number of hydrogen-bond donors (Lipinski definition) is 0. The topological polar surface area (TPSA) is 81.6 Å². The van der Waals surface area contributed by atoms with Crippen LogP contribution in [0.25, 0.3) is 22.0 Å². The van der Waals surface area contributed by atoms with Gasteiger partial charge in [-0.05, 0) is 76.8 Å². The molecule has 1 saturated carbocycles. The fourth-order valence-corrected chi connectivity index (χ4v) is 5.63. The number of anilines is 1. The van der Waals surface area contributed by atoms with Gasteiger partial charge in [-0.2, -0.15) is 0 Å². The molecular weight excluding hydrogens is 462 g/mol. The molecule has 2 aromatic heterocycles. The Kier molecular flexibility index (Phi) is 6.56. The fourth-order valence-electron chi connectivity index (χ4n) is 4.72. The lowest BCUT2D eigenvalue weighted by Crippen LogP contribution is -2.52. The molecule has 1 amide bonds. The Bertz CT molecular complexity index is 1240. The summed E-state index contributed by atoms with van der Waals surface area (Å²) in [4.78, 5) is 38.1. The van der Waals surface area contributed by atoms with Crippen molar-refractivity contribution in [2.75, 3.05) is 4.90 Å². The molecule has 3 heterocycles. The molecule has 0 radical (unpaired) electrons. The summed E-state index contributed by atoms with van der Waals surface area (Å²) in [7, 11) is 0. The first-order chi connectivity index (χ1) is 16.9. The average Bonchev–Trinajstić information content (AvgIpc) is 3.27. The van der Waals surface area contributed by atoms with Crippen LogP contribution in [-0.2, 0) is 14.3 Å². The van der Waals surface area contributed by atoms with Gasteiger partial charge in [-0.25, -0.2) is 9.78 Å². The number of carbonyl (C=O) groups excluding carboxylic acids is 2. The van der Waals surface area contributed by atoms with E-state index in [0.717, 1.165) is 52.5 Å². The average molecular weight is 492 g/mol. The van der Waals surface area contributed by atoms with Gasteiger partial charge < -0.3 is 9.47 Å². The molecule has 2 aliphatic rings. The van der Waals surface area contributed by atoms with Gasteiger partial charge in [-0.3, -0.25) is 14.7 Å². The van der Waals surface area contributed by atoms with E-state index < -0.39 is 12.1 Å². The number of thiazole rings is 1.